The van der Waals surface area contributed by atoms with Gasteiger partial charge in [-0.15, -0.1) is 0 Å². The van der Waals surface area contributed by atoms with Crippen LogP contribution in [0, 0.1) is 11.8 Å². The third-order valence-electron chi connectivity index (χ3n) is 4.29. The summed E-state index contributed by atoms with van der Waals surface area (Å²) in [6, 6.07) is 1.38. The Morgan fingerprint density at radius 3 is 2.59 bits per heavy atom. The molecule has 0 amide bonds. The van der Waals surface area contributed by atoms with E-state index in [1.54, 1.807) is 0 Å². The Morgan fingerprint density at radius 2 is 2.06 bits per heavy atom. The highest BCUT2D eigenvalue weighted by Gasteiger charge is 2.30. The molecule has 1 aliphatic carbocycles. The van der Waals surface area contributed by atoms with Crippen molar-refractivity contribution in [1.29, 1.82) is 0 Å². The van der Waals surface area contributed by atoms with E-state index in [1.165, 1.54) is 32.4 Å². The SMILES string of the molecule is COCC(CNC1CC1)N1CCC(C(C)C)C1. The average molecular weight is 240 g/mol. The summed E-state index contributed by atoms with van der Waals surface area (Å²) < 4.78 is 5.38. The van der Waals surface area contributed by atoms with Crippen LogP contribution in [0.3, 0.4) is 0 Å². The van der Waals surface area contributed by atoms with Crippen LogP contribution >= 0.6 is 0 Å². The number of rotatable bonds is 7. The van der Waals surface area contributed by atoms with Crippen molar-refractivity contribution in [2.45, 2.75) is 45.2 Å². The van der Waals surface area contributed by atoms with Crippen LogP contribution in [0.5, 0.6) is 0 Å². The lowest BCUT2D eigenvalue weighted by Crippen LogP contribution is -2.44. The van der Waals surface area contributed by atoms with E-state index in [1.807, 2.05) is 7.11 Å². The summed E-state index contributed by atoms with van der Waals surface area (Å²) in [6.07, 6.45) is 4.10. The zero-order valence-corrected chi connectivity index (χ0v) is 11.6. The Morgan fingerprint density at radius 1 is 1.29 bits per heavy atom. The second-order valence-corrected chi connectivity index (χ2v) is 6.08. The van der Waals surface area contributed by atoms with Crippen molar-refractivity contribution in [1.82, 2.24) is 10.2 Å². The number of nitrogens with one attached hydrogen (secondary N) is 1. The van der Waals surface area contributed by atoms with Gasteiger partial charge in [-0.05, 0) is 37.6 Å². The molecule has 1 N–H and O–H groups in total. The van der Waals surface area contributed by atoms with E-state index in [2.05, 4.69) is 24.1 Å². The first-order valence-corrected chi connectivity index (χ1v) is 7.17. The van der Waals surface area contributed by atoms with Crippen molar-refractivity contribution in [3.8, 4) is 0 Å². The second-order valence-electron chi connectivity index (χ2n) is 6.08. The van der Waals surface area contributed by atoms with Crippen molar-refractivity contribution in [3.63, 3.8) is 0 Å². The van der Waals surface area contributed by atoms with Crippen molar-refractivity contribution in [2.24, 2.45) is 11.8 Å². The molecule has 2 unspecified atom stereocenters. The van der Waals surface area contributed by atoms with Crippen molar-refractivity contribution in [3.05, 3.63) is 0 Å². The van der Waals surface area contributed by atoms with Gasteiger partial charge in [0.1, 0.15) is 0 Å². The molecule has 1 saturated heterocycles. The van der Waals surface area contributed by atoms with E-state index in [-0.39, 0.29) is 0 Å². The molecular weight excluding hydrogens is 212 g/mol. The van der Waals surface area contributed by atoms with Gasteiger partial charge in [0.25, 0.3) is 0 Å². The Labute approximate surface area is 106 Å². The van der Waals surface area contributed by atoms with Gasteiger partial charge in [0.2, 0.25) is 0 Å². The van der Waals surface area contributed by atoms with Gasteiger partial charge in [0.15, 0.2) is 0 Å². The minimum Gasteiger partial charge on any atom is -0.383 e. The summed E-state index contributed by atoms with van der Waals surface area (Å²) >= 11 is 0. The van der Waals surface area contributed by atoms with Crippen LogP contribution in [-0.4, -0.2) is 50.3 Å². The largest absolute Gasteiger partial charge is 0.383 e. The smallest absolute Gasteiger partial charge is 0.0630 e. The third-order valence-corrected chi connectivity index (χ3v) is 4.29. The fourth-order valence-electron chi connectivity index (χ4n) is 2.77. The molecule has 17 heavy (non-hydrogen) atoms. The normalized spacial score (nSPS) is 27.9. The molecule has 2 rings (SSSR count). The van der Waals surface area contributed by atoms with Gasteiger partial charge >= 0.3 is 0 Å². The molecule has 100 valence electrons. The maximum Gasteiger partial charge on any atom is 0.0630 e. The van der Waals surface area contributed by atoms with Gasteiger partial charge in [0, 0.05) is 32.3 Å². The molecule has 3 heteroatoms. The standard InChI is InChI=1S/C14H28N2O/c1-11(2)12-6-7-16(9-12)14(10-17-3)8-15-13-4-5-13/h11-15H,4-10H2,1-3H3. The number of hydrogen-bond acceptors (Lipinski definition) is 3. The topological polar surface area (TPSA) is 24.5 Å². The number of ether oxygens (including phenoxy) is 1. The molecule has 0 radical (unpaired) electrons. The number of methoxy groups -OCH3 is 1. The van der Waals surface area contributed by atoms with E-state index in [9.17, 15) is 0 Å². The summed E-state index contributed by atoms with van der Waals surface area (Å²) in [5.74, 6) is 1.70. The van der Waals surface area contributed by atoms with Crippen LogP contribution in [0.2, 0.25) is 0 Å². The molecule has 3 nitrogen and oxygen atoms in total. The molecule has 0 aromatic carbocycles. The molecule has 0 aromatic rings. The zero-order chi connectivity index (χ0) is 12.3. The number of hydrogen-bond donors (Lipinski definition) is 1. The molecular formula is C14H28N2O. The van der Waals surface area contributed by atoms with Crippen LogP contribution in [0.4, 0.5) is 0 Å². The predicted molar refractivity (Wildman–Crippen MR) is 71.2 cm³/mol. The Kier molecular flexibility index (Phi) is 4.83. The van der Waals surface area contributed by atoms with Gasteiger partial charge in [-0.3, -0.25) is 4.90 Å². The summed E-state index contributed by atoms with van der Waals surface area (Å²) in [7, 11) is 1.82. The minimum absolute atomic E-state index is 0.573. The maximum atomic E-state index is 5.38. The van der Waals surface area contributed by atoms with Gasteiger partial charge in [-0.25, -0.2) is 0 Å². The highest BCUT2D eigenvalue weighted by Crippen LogP contribution is 2.25. The third kappa shape index (κ3) is 3.94. The lowest BCUT2D eigenvalue weighted by Gasteiger charge is -2.28. The van der Waals surface area contributed by atoms with Gasteiger partial charge in [-0.2, -0.15) is 0 Å². The predicted octanol–water partition coefficient (Wildman–Crippen LogP) is 1.73. The molecule has 1 saturated carbocycles. The molecule has 1 heterocycles. The van der Waals surface area contributed by atoms with Gasteiger partial charge in [-0.1, -0.05) is 13.8 Å². The van der Waals surface area contributed by atoms with Crippen molar-refractivity contribution in [2.75, 3.05) is 33.4 Å². The highest BCUT2D eigenvalue weighted by molar-refractivity contribution is 4.87. The Hall–Kier alpha value is -0.120. The van der Waals surface area contributed by atoms with E-state index >= 15 is 0 Å². The van der Waals surface area contributed by atoms with Crippen LogP contribution in [0.15, 0.2) is 0 Å². The van der Waals surface area contributed by atoms with Crippen molar-refractivity contribution < 1.29 is 4.74 Å². The summed E-state index contributed by atoms with van der Waals surface area (Å²) in [4.78, 5) is 2.63. The lowest BCUT2D eigenvalue weighted by atomic mass is 9.95. The summed E-state index contributed by atoms with van der Waals surface area (Å²) in [6.45, 7) is 9.18. The Balaban J connectivity index is 1.78. The van der Waals surface area contributed by atoms with Crippen molar-refractivity contribution >= 4 is 0 Å². The van der Waals surface area contributed by atoms with E-state index in [0.29, 0.717) is 6.04 Å². The molecule has 2 atom stereocenters. The minimum atomic E-state index is 0.573. The molecule has 0 aromatic heterocycles. The first kappa shape index (κ1) is 13.3. The highest BCUT2D eigenvalue weighted by atomic mass is 16.5. The first-order chi connectivity index (χ1) is 8.20. The summed E-state index contributed by atoms with van der Waals surface area (Å²) in [5.41, 5.74) is 0. The van der Waals surface area contributed by atoms with Gasteiger partial charge in [0.05, 0.1) is 6.61 Å². The van der Waals surface area contributed by atoms with E-state index in [0.717, 1.165) is 31.0 Å². The van der Waals surface area contributed by atoms with Crippen LogP contribution in [0.1, 0.15) is 33.1 Å². The van der Waals surface area contributed by atoms with Gasteiger partial charge < -0.3 is 10.1 Å². The fourth-order valence-corrected chi connectivity index (χ4v) is 2.77. The van der Waals surface area contributed by atoms with E-state index < -0.39 is 0 Å². The zero-order valence-electron chi connectivity index (χ0n) is 11.6. The number of nitrogens with zero attached hydrogens (tertiary/aromatic N) is 1. The lowest BCUT2D eigenvalue weighted by molar-refractivity contribution is 0.100. The molecule has 1 aliphatic heterocycles. The fraction of sp³-hybridized carbons (Fsp3) is 1.00. The molecule has 0 bridgehead atoms. The summed E-state index contributed by atoms with van der Waals surface area (Å²) in [5, 5.41) is 3.64. The second kappa shape index (κ2) is 6.17. The molecule has 2 fully saturated rings. The monoisotopic (exact) mass is 240 g/mol. The van der Waals surface area contributed by atoms with Crippen LogP contribution in [-0.2, 0) is 4.74 Å². The quantitative estimate of drug-likeness (QED) is 0.733. The van der Waals surface area contributed by atoms with E-state index in [4.69, 9.17) is 4.74 Å². The number of likely N-dealkylation sites (tertiary alicyclic amines) is 1. The van der Waals surface area contributed by atoms with Crippen LogP contribution < -0.4 is 5.32 Å². The van der Waals surface area contributed by atoms with Crippen LogP contribution in [0.25, 0.3) is 0 Å². The Bertz CT molecular complexity index is 228. The average Bonchev–Trinajstić information content (AvgIpc) is 2.98. The molecule has 2 aliphatic rings. The maximum absolute atomic E-state index is 5.38. The first-order valence-electron chi connectivity index (χ1n) is 7.17. The molecule has 0 spiro atoms.